The van der Waals surface area contributed by atoms with Gasteiger partial charge in [-0.2, -0.15) is 0 Å². The second kappa shape index (κ2) is 4.93. The van der Waals surface area contributed by atoms with Gasteiger partial charge in [0.15, 0.2) is 5.49 Å². The van der Waals surface area contributed by atoms with Crippen LogP contribution in [-0.4, -0.2) is 15.4 Å². The number of fused-ring (bicyclic) bond motifs is 1. The lowest BCUT2D eigenvalue weighted by atomic mass is 9.97. The summed E-state index contributed by atoms with van der Waals surface area (Å²) in [5, 5.41) is 16.6. The Morgan fingerprint density at radius 1 is 1.45 bits per heavy atom. The van der Waals surface area contributed by atoms with Crippen molar-refractivity contribution in [3.05, 3.63) is 39.6 Å². The largest absolute Gasteiger partial charge is 0.317 e. The number of hydrogen-bond donors (Lipinski definition) is 3. The van der Waals surface area contributed by atoms with Crippen molar-refractivity contribution < 1.29 is 0 Å². The fourth-order valence-electron chi connectivity index (χ4n) is 2.83. The van der Waals surface area contributed by atoms with E-state index in [9.17, 15) is 4.79 Å². The summed E-state index contributed by atoms with van der Waals surface area (Å²) in [6, 6.07) is 5.85. The van der Waals surface area contributed by atoms with E-state index in [1.54, 1.807) is 0 Å². The van der Waals surface area contributed by atoms with Crippen molar-refractivity contribution in [3.63, 3.8) is 0 Å². The lowest BCUT2D eigenvalue weighted by Gasteiger charge is -2.19. The lowest BCUT2D eigenvalue weighted by Crippen LogP contribution is -2.42. The van der Waals surface area contributed by atoms with Crippen LogP contribution in [0.25, 0.3) is 11.0 Å². The smallest absolute Gasteiger partial charge is 0.291 e. The maximum Gasteiger partial charge on any atom is 0.291 e. The molecule has 0 amide bonds. The first-order chi connectivity index (χ1) is 10.4. The molecule has 1 aromatic carbocycles. The molecule has 1 saturated carbocycles. The maximum atomic E-state index is 12.2. The van der Waals surface area contributed by atoms with E-state index >= 15 is 0 Å². The molecular formula is C17H22N4O. The van der Waals surface area contributed by atoms with Gasteiger partial charge in [0.2, 0.25) is 0 Å². The van der Waals surface area contributed by atoms with Gasteiger partial charge in [-0.3, -0.25) is 20.2 Å². The summed E-state index contributed by atoms with van der Waals surface area (Å²) in [5.41, 5.74) is 1.78. The highest BCUT2D eigenvalue weighted by molar-refractivity contribution is 5.96. The molecule has 0 aliphatic heterocycles. The van der Waals surface area contributed by atoms with Gasteiger partial charge in [-0.25, -0.2) is 0 Å². The summed E-state index contributed by atoms with van der Waals surface area (Å²) in [5.74, 6) is 0.671. The Balaban J connectivity index is 2.37. The van der Waals surface area contributed by atoms with Crippen LogP contribution >= 0.6 is 0 Å². The van der Waals surface area contributed by atoms with Gasteiger partial charge < -0.3 is 4.98 Å². The van der Waals surface area contributed by atoms with E-state index in [1.165, 1.54) is 4.57 Å². The zero-order chi connectivity index (χ0) is 16.1. The second-order valence-corrected chi connectivity index (χ2v) is 6.60. The maximum absolute atomic E-state index is 12.2. The SMILES string of the molecule is CCC(C)c1cccc2c1[nH]c(=O)c(=N)n2C(=N)C1(C)CC1. The first kappa shape index (κ1) is 14.8. The molecule has 1 aliphatic carbocycles. The molecule has 22 heavy (non-hydrogen) atoms. The minimum atomic E-state index is -0.433. The van der Waals surface area contributed by atoms with Crippen LogP contribution < -0.4 is 11.0 Å². The summed E-state index contributed by atoms with van der Waals surface area (Å²) in [7, 11) is 0. The number of nitrogens with one attached hydrogen (secondary N) is 3. The molecule has 0 bridgehead atoms. The van der Waals surface area contributed by atoms with E-state index in [-0.39, 0.29) is 10.9 Å². The molecule has 2 aromatic rings. The molecule has 1 unspecified atom stereocenters. The number of benzene rings is 1. The summed E-state index contributed by atoms with van der Waals surface area (Å²) in [6.07, 6.45) is 2.86. The van der Waals surface area contributed by atoms with Gasteiger partial charge in [-0.15, -0.1) is 0 Å². The number of rotatable bonds is 3. The van der Waals surface area contributed by atoms with E-state index in [1.807, 2.05) is 25.1 Å². The van der Waals surface area contributed by atoms with Gasteiger partial charge in [-0.05, 0) is 36.8 Å². The van der Waals surface area contributed by atoms with Crippen molar-refractivity contribution in [1.82, 2.24) is 9.55 Å². The van der Waals surface area contributed by atoms with E-state index in [4.69, 9.17) is 10.8 Å². The van der Waals surface area contributed by atoms with Crippen LogP contribution in [0.15, 0.2) is 23.0 Å². The Kier molecular flexibility index (Phi) is 3.31. The third-order valence-corrected chi connectivity index (χ3v) is 4.93. The number of aromatic amines is 1. The van der Waals surface area contributed by atoms with Gasteiger partial charge in [0.1, 0.15) is 5.84 Å². The van der Waals surface area contributed by atoms with Crippen LogP contribution in [0.3, 0.4) is 0 Å². The predicted molar refractivity (Wildman–Crippen MR) is 87.6 cm³/mol. The van der Waals surface area contributed by atoms with Gasteiger partial charge in [0, 0.05) is 5.41 Å². The van der Waals surface area contributed by atoms with Crippen molar-refractivity contribution in [1.29, 1.82) is 10.8 Å². The lowest BCUT2D eigenvalue weighted by molar-refractivity contribution is 0.729. The third kappa shape index (κ3) is 2.12. The average Bonchev–Trinajstić information content (AvgIpc) is 3.26. The Bertz CT molecular complexity index is 870. The van der Waals surface area contributed by atoms with Crippen LogP contribution in [0.5, 0.6) is 0 Å². The molecule has 5 nitrogen and oxygen atoms in total. The van der Waals surface area contributed by atoms with Gasteiger partial charge >= 0.3 is 0 Å². The summed E-state index contributed by atoms with van der Waals surface area (Å²) in [6.45, 7) is 6.26. The predicted octanol–water partition coefficient (Wildman–Crippen LogP) is 2.95. The number of aromatic nitrogens is 2. The van der Waals surface area contributed by atoms with Crippen molar-refractivity contribution in [2.24, 2.45) is 5.41 Å². The van der Waals surface area contributed by atoms with Gasteiger partial charge in [0.05, 0.1) is 11.0 Å². The molecular weight excluding hydrogens is 276 g/mol. The topological polar surface area (TPSA) is 85.5 Å². The summed E-state index contributed by atoms with van der Waals surface area (Å²) in [4.78, 5) is 15.1. The normalized spacial score (nSPS) is 17.4. The fourth-order valence-corrected chi connectivity index (χ4v) is 2.83. The van der Waals surface area contributed by atoms with Crippen LogP contribution in [0.2, 0.25) is 0 Å². The minimum absolute atomic E-state index is 0.160. The quantitative estimate of drug-likeness (QED) is 0.590. The van der Waals surface area contributed by atoms with E-state index in [2.05, 4.69) is 18.8 Å². The van der Waals surface area contributed by atoms with Crippen molar-refractivity contribution in [2.45, 2.75) is 46.0 Å². The third-order valence-electron chi connectivity index (χ3n) is 4.93. The summed E-state index contributed by atoms with van der Waals surface area (Å²) >= 11 is 0. The summed E-state index contributed by atoms with van der Waals surface area (Å²) < 4.78 is 1.52. The number of hydrogen-bond acceptors (Lipinski definition) is 3. The van der Waals surface area contributed by atoms with Crippen LogP contribution in [0, 0.1) is 16.2 Å². The van der Waals surface area contributed by atoms with Crippen molar-refractivity contribution >= 4 is 16.9 Å². The molecule has 0 spiro atoms. The van der Waals surface area contributed by atoms with Gasteiger partial charge in [-0.1, -0.05) is 32.9 Å². The molecule has 1 atom stereocenters. The molecule has 5 heteroatoms. The fraction of sp³-hybridized carbons (Fsp3) is 0.471. The zero-order valence-electron chi connectivity index (χ0n) is 13.3. The Hall–Kier alpha value is -2.17. The van der Waals surface area contributed by atoms with Crippen molar-refractivity contribution in [2.75, 3.05) is 0 Å². The minimum Gasteiger partial charge on any atom is -0.317 e. The molecule has 1 aliphatic rings. The molecule has 1 heterocycles. The van der Waals surface area contributed by atoms with Crippen LogP contribution in [0.4, 0.5) is 0 Å². The van der Waals surface area contributed by atoms with E-state index < -0.39 is 5.56 Å². The number of para-hydroxylation sites is 1. The highest BCUT2D eigenvalue weighted by Gasteiger charge is 2.43. The highest BCUT2D eigenvalue weighted by atomic mass is 16.1. The average molecular weight is 298 g/mol. The zero-order valence-corrected chi connectivity index (χ0v) is 13.3. The second-order valence-electron chi connectivity index (χ2n) is 6.60. The molecule has 3 rings (SSSR count). The first-order valence-electron chi connectivity index (χ1n) is 7.81. The number of nitrogens with zero attached hydrogens (tertiary/aromatic N) is 1. The molecule has 0 saturated heterocycles. The molecule has 1 aromatic heterocycles. The Morgan fingerprint density at radius 3 is 2.73 bits per heavy atom. The standard InChI is InChI=1S/C17H22N4O/c1-4-10(2)11-6-5-7-12-13(11)20-15(22)14(18)21(12)16(19)17(3)8-9-17/h5-7,10,18-19H,4,8-9H2,1-3H3,(H,20,22). The van der Waals surface area contributed by atoms with Crippen molar-refractivity contribution in [3.8, 4) is 0 Å². The Labute approximate surface area is 129 Å². The number of H-pyrrole nitrogens is 1. The molecule has 1 fully saturated rings. The highest BCUT2D eigenvalue weighted by Crippen LogP contribution is 2.46. The van der Waals surface area contributed by atoms with E-state index in [0.29, 0.717) is 11.8 Å². The molecule has 116 valence electrons. The van der Waals surface area contributed by atoms with Crippen LogP contribution in [0.1, 0.15) is 51.5 Å². The monoisotopic (exact) mass is 298 g/mol. The Morgan fingerprint density at radius 2 is 2.14 bits per heavy atom. The van der Waals surface area contributed by atoms with Crippen LogP contribution in [-0.2, 0) is 0 Å². The molecule has 0 radical (unpaired) electrons. The van der Waals surface area contributed by atoms with Gasteiger partial charge in [0.25, 0.3) is 5.56 Å². The molecule has 3 N–H and O–H groups in total. The first-order valence-corrected chi connectivity index (χ1v) is 7.81. The van der Waals surface area contributed by atoms with E-state index in [0.717, 1.165) is 35.9 Å².